The Bertz CT molecular complexity index is 456. The van der Waals surface area contributed by atoms with E-state index in [1.54, 1.807) is 0 Å². The number of rotatable bonds is 4. The van der Waals surface area contributed by atoms with Crippen molar-refractivity contribution in [2.75, 3.05) is 13.2 Å². The summed E-state index contributed by atoms with van der Waals surface area (Å²) in [5, 5.41) is 11.3. The zero-order valence-electron chi connectivity index (χ0n) is 9.59. The number of hydrogen-bond donors (Lipinski definition) is 3. The van der Waals surface area contributed by atoms with E-state index in [-0.39, 0.29) is 30.2 Å². The lowest BCUT2D eigenvalue weighted by molar-refractivity contribution is -0.125. The Labute approximate surface area is 103 Å². The predicted octanol–water partition coefficient (Wildman–Crippen LogP) is -0.432. The molecule has 2 unspecified atom stereocenters. The second kappa shape index (κ2) is 5.19. The van der Waals surface area contributed by atoms with E-state index in [0.29, 0.717) is 19.0 Å². The minimum Gasteiger partial charge on any atom is -0.475 e. The lowest BCUT2D eigenvalue weighted by Crippen LogP contribution is -2.40. The van der Waals surface area contributed by atoms with Crippen molar-refractivity contribution in [2.24, 2.45) is 11.7 Å². The van der Waals surface area contributed by atoms with Gasteiger partial charge in [-0.1, -0.05) is 0 Å². The van der Waals surface area contributed by atoms with Crippen molar-refractivity contribution >= 4 is 11.9 Å². The van der Waals surface area contributed by atoms with Crippen LogP contribution in [0, 0.1) is 5.92 Å². The quantitative estimate of drug-likeness (QED) is 0.671. The topological polar surface area (TPSA) is 115 Å². The maximum atomic E-state index is 11.7. The van der Waals surface area contributed by atoms with Crippen molar-refractivity contribution in [3.05, 3.63) is 23.7 Å². The number of hydrogen-bond acceptors (Lipinski definition) is 5. The first kappa shape index (κ1) is 12.6. The fourth-order valence-corrected chi connectivity index (χ4v) is 1.73. The summed E-state index contributed by atoms with van der Waals surface area (Å²) in [6.45, 7) is 0.822. The minimum absolute atomic E-state index is 0.134. The molecule has 1 aliphatic rings. The summed E-state index contributed by atoms with van der Waals surface area (Å²) in [5.74, 6) is -1.49. The first-order valence-electron chi connectivity index (χ1n) is 5.51. The largest absolute Gasteiger partial charge is 0.475 e. The van der Waals surface area contributed by atoms with E-state index in [4.69, 9.17) is 20.0 Å². The molecule has 7 heteroatoms. The number of nitrogens with one attached hydrogen (secondary N) is 1. The van der Waals surface area contributed by atoms with Crippen LogP contribution in [-0.4, -0.2) is 36.2 Å². The van der Waals surface area contributed by atoms with Gasteiger partial charge in [0.15, 0.2) is 0 Å². The highest BCUT2D eigenvalue weighted by molar-refractivity contribution is 5.84. The Morgan fingerprint density at radius 1 is 1.44 bits per heavy atom. The molecule has 0 radical (unpaired) electrons. The third-order valence-electron chi connectivity index (χ3n) is 2.77. The molecule has 1 amide bonds. The Morgan fingerprint density at radius 3 is 2.78 bits per heavy atom. The van der Waals surface area contributed by atoms with Crippen LogP contribution in [-0.2, 0) is 16.1 Å². The molecule has 18 heavy (non-hydrogen) atoms. The van der Waals surface area contributed by atoms with Gasteiger partial charge in [-0.25, -0.2) is 4.79 Å². The fourth-order valence-electron chi connectivity index (χ4n) is 1.73. The average Bonchev–Trinajstić information content (AvgIpc) is 2.94. The summed E-state index contributed by atoms with van der Waals surface area (Å²) in [5.41, 5.74) is 5.71. The molecule has 2 rings (SSSR count). The van der Waals surface area contributed by atoms with Crippen LogP contribution < -0.4 is 11.1 Å². The monoisotopic (exact) mass is 254 g/mol. The lowest BCUT2D eigenvalue weighted by atomic mass is 10.0. The molecule has 0 aromatic carbocycles. The summed E-state index contributed by atoms with van der Waals surface area (Å²) in [7, 11) is 0. The number of furan rings is 1. The van der Waals surface area contributed by atoms with Gasteiger partial charge < -0.3 is 25.3 Å². The third-order valence-corrected chi connectivity index (χ3v) is 2.77. The van der Waals surface area contributed by atoms with Crippen molar-refractivity contribution in [3.8, 4) is 0 Å². The van der Waals surface area contributed by atoms with E-state index in [9.17, 15) is 9.59 Å². The molecule has 0 saturated carbocycles. The van der Waals surface area contributed by atoms with E-state index >= 15 is 0 Å². The number of nitrogens with two attached hydrogens (primary N) is 1. The maximum Gasteiger partial charge on any atom is 0.371 e. The van der Waals surface area contributed by atoms with Crippen molar-refractivity contribution in [3.63, 3.8) is 0 Å². The van der Waals surface area contributed by atoms with Gasteiger partial charge in [-0.2, -0.15) is 0 Å². The Morgan fingerprint density at radius 2 is 2.22 bits per heavy atom. The lowest BCUT2D eigenvalue weighted by Gasteiger charge is -2.12. The second-order valence-corrected chi connectivity index (χ2v) is 4.10. The summed E-state index contributed by atoms with van der Waals surface area (Å²) in [4.78, 5) is 22.3. The number of carboxylic acid groups (broad SMARTS) is 1. The molecule has 2 heterocycles. The Kier molecular flexibility index (Phi) is 3.63. The predicted molar refractivity (Wildman–Crippen MR) is 59.8 cm³/mol. The van der Waals surface area contributed by atoms with E-state index < -0.39 is 5.97 Å². The van der Waals surface area contributed by atoms with Crippen LogP contribution in [0.1, 0.15) is 16.3 Å². The van der Waals surface area contributed by atoms with E-state index in [0.717, 1.165) is 0 Å². The van der Waals surface area contributed by atoms with Crippen molar-refractivity contribution in [2.45, 2.75) is 12.6 Å². The first-order valence-corrected chi connectivity index (χ1v) is 5.51. The molecule has 1 fully saturated rings. The van der Waals surface area contributed by atoms with Gasteiger partial charge in [0.2, 0.25) is 11.7 Å². The smallest absolute Gasteiger partial charge is 0.371 e. The molecular formula is C11H14N2O5. The van der Waals surface area contributed by atoms with Crippen molar-refractivity contribution in [1.29, 1.82) is 0 Å². The number of amides is 1. The zero-order chi connectivity index (χ0) is 13.1. The molecule has 1 aromatic heterocycles. The van der Waals surface area contributed by atoms with Gasteiger partial charge in [0, 0.05) is 6.04 Å². The van der Waals surface area contributed by atoms with Crippen LogP contribution in [0.5, 0.6) is 0 Å². The summed E-state index contributed by atoms with van der Waals surface area (Å²) in [6.07, 6.45) is 0. The normalized spacial score (nSPS) is 22.9. The molecule has 0 bridgehead atoms. The van der Waals surface area contributed by atoms with Gasteiger partial charge in [-0.05, 0) is 12.1 Å². The summed E-state index contributed by atoms with van der Waals surface area (Å²) in [6, 6.07) is 2.56. The summed E-state index contributed by atoms with van der Waals surface area (Å²) < 4.78 is 10.1. The molecule has 1 aliphatic heterocycles. The molecule has 2 atom stereocenters. The highest BCUT2D eigenvalue weighted by Crippen LogP contribution is 2.12. The highest BCUT2D eigenvalue weighted by Gasteiger charge is 2.31. The third kappa shape index (κ3) is 2.69. The van der Waals surface area contributed by atoms with Crippen LogP contribution >= 0.6 is 0 Å². The first-order chi connectivity index (χ1) is 8.58. The number of carbonyl (C=O) groups is 2. The van der Waals surface area contributed by atoms with Crippen LogP contribution in [0.4, 0.5) is 0 Å². The van der Waals surface area contributed by atoms with Crippen molar-refractivity contribution in [1.82, 2.24) is 5.32 Å². The van der Waals surface area contributed by atoms with Gasteiger partial charge in [0.1, 0.15) is 5.76 Å². The number of ether oxygens (including phenoxy) is 1. The van der Waals surface area contributed by atoms with Crippen LogP contribution in [0.25, 0.3) is 0 Å². The van der Waals surface area contributed by atoms with Crippen molar-refractivity contribution < 1.29 is 23.8 Å². The molecule has 7 nitrogen and oxygen atoms in total. The molecule has 1 aromatic rings. The molecule has 1 saturated heterocycles. The molecule has 0 aliphatic carbocycles. The number of carbonyl (C=O) groups excluding carboxylic acids is 1. The minimum atomic E-state index is -1.14. The van der Waals surface area contributed by atoms with Crippen LogP contribution in [0.3, 0.4) is 0 Å². The van der Waals surface area contributed by atoms with E-state index in [1.807, 2.05) is 0 Å². The molecule has 4 N–H and O–H groups in total. The zero-order valence-corrected chi connectivity index (χ0v) is 9.59. The Balaban J connectivity index is 1.87. The van der Waals surface area contributed by atoms with Gasteiger partial charge in [-0.15, -0.1) is 0 Å². The molecule has 98 valence electrons. The van der Waals surface area contributed by atoms with E-state index in [2.05, 4.69) is 5.32 Å². The second-order valence-electron chi connectivity index (χ2n) is 4.10. The van der Waals surface area contributed by atoms with Gasteiger partial charge in [0.25, 0.3) is 0 Å². The van der Waals surface area contributed by atoms with Gasteiger partial charge in [-0.3, -0.25) is 4.79 Å². The Hall–Kier alpha value is -1.86. The highest BCUT2D eigenvalue weighted by atomic mass is 16.5. The van der Waals surface area contributed by atoms with Gasteiger partial charge in [0.05, 0.1) is 25.7 Å². The van der Waals surface area contributed by atoms with Crippen LogP contribution in [0.15, 0.2) is 16.5 Å². The fraction of sp³-hybridized carbons (Fsp3) is 0.455. The van der Waals surface area contributed by atoms with E-state index in [1.165, 1.54) is 12.1 Å². The van der Waals surface area contributed by atoms with Gasteiger partial charge >= 0.3 is 5.97 Å². The molecular weight excluding hydrogens is 240 g/mol. The van der Waals surface area contributed by atoms with Crippen LogP contribution in [0.2, 0.25) is 0 Å². The summed E-state index contributed by atoms with van der Waals surface area (Å²) >= 11 is 0. The standard InChI is InChI=1S/C11H14N2O5/c12-8-5-17-4-7(8)10(14)13-3-6-1-2-9(18-6)11(15)16/h1-2,7-8H,3-5,12H2,(H,13,14)(H,15,16). The SMILES string of the molecule is NC1COCC1C(=O)NCc1ccc(C(=O)O)o1. The average molecular weight is 254 g/mol. The number of carboxylic acids is 1. The number of aromatic carboxylic acids is 1. The molecule has 0 spiro atoms. The maximum absolute atomic E-state index is 11.7.